The van der Waals surface area contributed by atoms with E-state index in [-0.39, 0.29) is 23.6 Å². The second-order valence-electron chi connectivity index (χ2n) is 8.57. The van der Waals surface area contributed by atoms with Crippen LogP contribution in [0.3, 0.4) is 0 Å². The number of carbonyl (C=O) groups is 3. The second kappa shape index (κ2) is 11.9. The predicted octanol–water partition coefficient (Wildman–Crippen LogP) is 2.18. The molecule has 1 aromatic heterocycles. The van der Waals surface area contributed by atoms with E-state index in [0.717, 1.165) is 25.9 Å². The summed E-state index contributed by atoms with van der Waals surface area (Å²) >= 11 is 0. The molecule has 2 saturated heterocycles. The first-order valence-corrected chi connectivity index (χ1v) is 11.5. The number of nitrogens with zero attached hydrogens (tertiary/aromatic N) is 3. The van der Waals surface area contributed by atoms with Crippen LogP contribution in [0.25, 0.3) is 0 Å². The summed E-state index contributed by atoms with van der Waals surface area (Å²) in [6.45, 7) is 3.01. The molecule has 196 valence electrons. The molecule has 1 aromatic carbocycles. The molecule has 36 heavy (non-hydrogen) atoms. The fraction of sp³-hybridized carbons (Fsp3) is 0.478. The Morgan fingerprint density at radius 3 is 2.36 bits per heavy atom. The second-order valence-corrected chi connectivity index (χ2v) is 8.57. The normalized spacial score (nSPS) is 18.6. The lowest BCUT2D eigenvalue weighted by molar-refractivity contribution is -0.192. The lowest BCUT2D eigenvalue weighted by Crippen LogP contribution is -2.46. The van der Waals surface area contributed by atoms with E-state index >= 15 is 0 Å². The number of piperidine rings is 2. The summed E-state index contributed by atoms with van der Waals surface area (Å²) in [5.74, 6) is -3.05. The molecule has 2 amide bonds. The third kappa shape index (κ3) is 7.20. The number of likely N-dealkylation sites (tertiary alicyclic amines) is 1. The minimum Gasteiger partial charge on any atom is -0.507 e. The minimum atomic E-state index is -5.08. The molecular formula is C23H28F3N5O5. The zero-order valence-corrected chi connectivity index (χ0v) is 19.4. The standard InChI is InChI=1S/C21H27N5O3.C2HF3O2/c27-19-6-2-1-5-18(19)21(29)25-10-7-16(8-11-25)24-20(28)15-12-23-26(14-15)17-4-3-9-22-13-17;3-2(4,5)1(6)7/h1-2,5-6,12,14,16-17,22,27H,3-4,7-11,13H2,(H,24,28);(H,6,7). The number of carboxylic acid groups (broad SMARTS) is 1. The number of amides is 2. The molecule has 2 aromatic rings. The van der Waals surface area contributed by atoms with Crippen LogP contribution in [0.4, 0.5) is 13.2 Å². The average molecular weight is 512 g/mol. The van der Waals surface area contributed by atoms with Crippen molar-refractivity contribution in [3.8, 4) is 5.75 Å². The Morgan fingerprint density at radius 1 is 1.11 bits per heavy atom. The SMILES string of the molecule is O=C(NC1CCN(C(=O)c2ccccc2O)CC1)c1cnn(C2CCCNC2)c1.O=C(O)C(F)(F)F. The first kappa shape index (κ1) is 27.0. The number of alkyl halides is 3. The largest absolute Gasteiger partial charge is 0.507 e. The number of benzene rings is 1. The molecule has 0 radical (unpaired) electrons. The number of aliphatic carboxylic acids is 1. The van der Waals surface area contributed by atoms with Crippen molar-refractivity contribution in [2.45, 2.75) is 43.9 Å². The number of rotatable bonds is 4. The van der Waals surface area contributed by atoms with Crippen molar-refractivity contribution in [1.29, 1.82) is 0 Å². The monoisotopic (exact) mass is 511 g/mol. The number of aromatic hydroxyl groups is 1. The molecule has 2 fully saturated rings. The molecule has 0 saturated carbocycles. The Kier molecular flexibility index (Phi) is 8.91. The summed E-state index contributed by atoms with van der Waals surface area (Å²) < 4.78 is 33.6. The molecular weight excluding hydrogens is 483 g/mol. The van der Waals surface area contributed by atoms with E-state index in [1.54, 1.807) is 29.3 Å². The lowest BCUT2D eigenvalue weighted by atomic mass is 10.0. The molecule has 1 unspecified atom stereocenters. The quantitative estimate of drug-likeness (QED) is 0.494. The average Bonchev–Trinajstić information content (AvgIpc) is 3.35. The van der Waals surface area contributed by atoms with E-state index in [9.17, 15) is 27.9 Å². The molecule has 4 rings (SSSR count). The number of para-hydroxylation sites is 1. The fourth-order valence-electron chi connectivity index (χ4n) is 4.03. The number of carboxylic acids is 1. The number of hydrogen-bond donors (Lipinski definition) is 4. The van der Waals surface area contributed by atoms with Crippen LogP contribution < -0.4 is 10.6 Å². The smallest absolute Gasteiger partial charge is 0.490 e. The van der Waals surface area contributed by atoms with Gasteiger partial charge >= 0.3 is 12.1 Å². The Bertz CT molecular complexity index is 1060. The van der Waals surface area contributed by atoms with Crippen LogP contribution in [0.1, 0.15) is 52.4 Å². The van der Waals surface area contributed by atoms with Crippen LogP contribution in [0, 0.1) is 0 Å². The number of phenols is 1. The molecule has 10 nitrogen and oxygen atoms in total. The topological polar surface area (TPSA) is 137 Å². The van der Waals surface area contributed by atoms with E-state index in [1.807, 2.05) is 10.9 Å². The predicted molar refractivity (Wildman–Crippen MR) is 122 cm³/mol. The van der Waals surface area contributed by atoms with Crippen molar-refractivity contribution in [1.82, 2.24) is 25.3 Å². The number of aromatic nitrogens is 2. The van der Waals surface area contributed by atoms with Crippen LogP contribution in [0.15, 0.2) is 36.7 Å². The van der Waals surface area contributed by atoms with Gasteiger partial charge in [0.1, 0.15) is 5.75 Å². The first-order valence-electron chi connectivity index (χ1n) is 11.5. The summed E-state index contributed by atoms with van der Waals surface area (Å²) in [7, 11) is 0. The maximum absolute atomic E-state index is 12.6. The molecule has 1 atom stereocenters. The third-order valence-electron chi connectivity index (χ3n) is 6.00. The van der Waals surface area contributed by atoms with Gasteiger partial charge in [-0.3, -0.25) is 14.3 Å². The highest BCUT2D eigenvalue weighted by atomic mass is 19.4. The number of carbonyl (C=O) groups excluding carboxylic acids is 2. The summed E-state index contributed by atoms with van der Waals surface area (Å²) in [4.78, 5) is 35.8. The van der Waals surface area contributed by atoms with Crippen LogP contribution in [0.2, 0.25) is 0 Å². The van der Waals surface area contributed by atoms with Gasteiger partial charge in [-0.05, 0) is 44.4 Å². The summed E-state index contributed by atoms with van der Waals surface area (Å²) in [5.41, 5.74) is 0.892. The zero-order valence-electron chi connectivity index (χ0n) is 19.4. The minimum absolute atomic E-state index is 0.00176. The molecule has 3 heterocycles. The van der Waals surface area contributed by atoms with Gasteiger partial charge in [0.15, 0.2) is 0 Å². The van der Waals surface area contributed by atoms with Crippen molar-refractivity contribution in [2.75, 3.05) is 26.2 Å². The van der Waals surface area contributed by atoms with Crippen LogP contribution in [0.5, 0.6) is 5.75 Å². The molecule has 0 bridgehead atoms. The van der Waals surface area contributed by atoms with Gasteiger partial charge in [0.2, 0.25) is 0 Å². The van der Waals surface area contributed by atoms with Gasteiger partial charge in [0.25, 0.3) is 11.8 Å². The van der Waals surface area contributed by atoms with Crippen molar-refractivity contribution in [2.24, 2.45) is 0 Å². The van der Waals surface area contributed by atoms with E-state index in [0.29, 0.717) is 43.1 Å². The van der Waals surface area contributed by atoms with E-state index in [4.69, 9.17) is 9.90 Å². The maximum atomic E-state index is 12.6. The zero-order chi connectivity index (χ0) is 26.3. The Balaban J connectivity index is 0.000000454. The number of halogens is 3. The van der Waals surface area contributed by atoms with Gasteiger partial charge in [-0.15, -0.1) is 0 Å². The fourth-order valence-corrected chi connectivity index (χ4v) is 4.03. The number of hydrogen-bond acceptors (Lipinski definition) is 6. The summed E-state index contributed by atoms with van der Waals surface area (Å²) in [6, 6.07) is 6.91. The van der Waals surface area contributed by atoms with E-state index in [2.05, 4.69) is 15.7 Å². The van der Waals surface area contributed by atoms with Gasteiger partial charge < -0.3 is 25.7 Å². The van der Waals surface area contributed by atoms with Gasteiger partial charge in [-0.2, -0.15) is 18.3 Å². The Morgan fingerprint density at radius 2 is 1.78 bits per heavy atom. The summed E-state index contributed by atoms with van der Waals surface area (Å²) in [6.07, 6.45) is 1.92. The molecule has 2 aliphatic rings. The van der Waals surface area contributed by atoms with Crippen LogP contribution in [-0.4, -0.2) is 81.1 Å². The number of phenolic OH excluding ortho intramolecular Hbond substituents is 1. The first-order chi connectivity index (χ1) is 17.1. The molecule has 13 heteroatoms. The van der Waals surface area contributed by atoms with Gasteiger partial charge in [-0.1, -0.05) is 12.1 Å². The van der Waals surface area contributed by atoms with E-state index < -0.39 is 12.1 Å². The lowest BCUT2D eigenvalue weighted by Gasteiger charge is -2.32. The molecule has 2 aliphatic heterocycles. The van der Waals surface area contributed by atoms with Gasteiger partial charge in [0, 0.05) is 31.9 Å². The van der Waals surface area contributed by atoms with Crippen molar-refractivity contribution in [3.63, 3.8) is 0 Å². The van der Waals surface area contributed by atoms with E-state index in [1.165, 1.54) is 6.07 Å². The number of nitrogens with one attached hydrogen (secondary N) is 2. The van der Waals surface area contributed by atoms with Crippen LogP contribution >= 0.6 is 0 Å². The molecule has 4 N–H and O–H groups in total. The van der Waals surface area contributed by atoms with Crippen LogP contribution in [-0.2, 0) is 4.79 Å². The molecule has 0 aliphatic carbocycles. The highest BCUT2D eigenvalue weighted by Crippen LogP contribution is 2.21. The third-order valence-corrected chi connectivity index (χ3v) is 6.00. The highest BCUT2D eigenvalue weighted by molar-refractivity contribution is 5.97. The van der Waals surface area contributed by atoms with Crippen molar-refractivity contribution < 1.29 is 37.8 Å². The summed E-state index contributed by atoms with van der Waals surface area (Å²) in [5, 5.41) is 27.8. The Labute approximate surface area is 205 Å². The van der Waals surface area contributed by atoms with Gasteiger partial charge in [0.05, 0.1) is 23.4 Å². The molecule has 0 spiro atoms. The maximum Gasteiger partial charge on any atom is 0.490 e. The van der Waals surface area contributed by atoms with Crippen molar-refractivity contribution >= 4 is 17.8 Å². The van der Waals surface area contributed by atoms with Gasteiger partial charge in [-0.25, -0.2) is 4.79 Å². The Hall–Kier alpha value is -3.61. The highest BCUT2D eigenvalue weighted by Gasteiger charge is 2.38. The van der Waals surface area contributed by atoms with Crippen molar-refractivity contribution in [3.05, 3.63) is 47.8 Å².